The van der Waals surface area contributed by atoms with E-state index in [9.17, 15) is 14.9 Å². The van der Waals surface area contributed by atoms with Crippen molar-refractivity contribution < 1.29 is 9.72 Å². The lowest BCUT2D eigenvalue weighted by Crippen LogP contribution is -2.10. The first-order valence-electron chi connectivity index (χ1n) is 10.3. The lowest BCUT2D eigenvalue weighted by Gasteiger charge is -2.15. The van der Waals surface area contributed by atoms with E-state index in [1.807, 2.05) is 67.7 Å². The van der Waals surface area contributed by atoms with E-state index in [-0.39, 0.29) is 11.6 Å². The van der Waals surface area contributed by atoms with Crippen molar-refractivity contribution in [3.63, 3.8) is 0 Å². The average molecular weight is 437 g/mol. The maximum absolute atomic E-state index is 13.0. The minimum absolute atomic E-state index is 0.0752. The third-order valence-electron chi connectivity index (χ3n) is 5.43. The Morgan fingerprint density at radius 3 is 2.45 bits per heavy atom. The molecule has 2 heterocycles. The Bertz CT molecular complexity index is 1410. The Hall–Kier alpha value is -4.72. The molecule has 3 aromatic carbocycles. The quantitative estimate of drug-likeness (QED) is 0.225. The highest BCUT2D eigenvalue weighted by molar-refractivity contribution is 6.37. The monoisotopic (exact) mass is 437 g/mol. The molecule has 0 spiro atoms. The molecule has 1 aliphatic heterocycles. The number of nitrogens with zero attached hydrogens (tertiary/aromatic N) is 2. The van der Waals surface area contributed by atoms with Crippen LogP contribution in [0.1, 0.15) is 17.0 Å². The van der Waals surface area contributed by atoms with Gasteiger partial charge < -0.3 is 15.6 Å². The fourth-order valence-corrected chi connectivity index (χ4v) is 3.84. The molecule has 8 nitrogen and oxygen atoms in total. The normalized spacial score (nSPS) is 13.9. The molecule has 33 heavy (non-hydrogen) atoms. The van der Waals surface area contributed by atoms with Crippen LogP contribution in [0, 0.1) is 17.0 Å². The third kappa shape index (κ3) is 3.85. The number of benzene rings is 3. The van der Waals surface area contributed by atoms with Gasteiger partial charge in [-0.1, -0.05) is 42.5 Å². The number of carbonyl (C=O) groups excluding carboxylic acids is 1. The summed E-state index contributed by atoms with van der Waals surface area (Å²) >= 11 is 0. The van der Waals surface area contributed by atoms with Gasteiger partial charge in [-0.2, -0.15) is 0 Å². The van der Waals surface area contributed by atoms with Gasteiger partial charge in [0.05, 0.1) is 21.9 Å². The van der Waals surface area contributed by atoms with Crippen molar-refractivity contribution in [1.82, 2.24) is 9.97 Å². The van der Waals surface area contributed by atoms with Gasteiger partial charge in [-0.3, -0.25) is 14.9 Å². The number of aryl methyl sites for hydroxylation is 1. The molecule has 1 aliphatic rings. The lowest BCUT2D eigenvalue weighted by molar-refractivity contribution is -0.384. The number of imidazole rings is 1. The van der Waals surface area contributed by atoms with Crippen LogP contribution in [0.3, 0.4) is 0 Å². The summed E-state index contributed by atoms with van der Waals surface area (Å²) in [5, 5.41) is 17.5. The van der Waals surface area contributed by atoms with Gasteiger partial charge in [-0.15, -0.1) is 0 Å². The van der Waals surface area contributed by atoms with Crippen LogP contribution in [-0.2, 0) is 4.79 Å². The average Bonchev–Trinajstić information content (AvgIpc) is 3.40. The van der Waals surface area contributed by atoms with Gasteiger partial charge in [0.15, 0.2) is 0 Å². The first kappa shape index (κ1) is 20.2. The molecule has 3 N–H and O–H groups in total. The van der Waals surface area contributed by atoms with E-state index < -0.39 is 4.92 Å². The molecule has 0 bridgehead atoms. The molecule has 4 aromatic rings. The van der Waals surface area contributed by atoms with Crippen molar-refractivity contribution in [2.75, 3.05) is 10.6 Å². The van der Waals surface area contributed by atoms with Crippen molar-refractivity contribution in [1.29, 1.82) is 0 Å². The smallest absolute Gasteiger partial charge is 0.270 e. The number of hydrogen-bond donors (Lipinski definition) is 3. The minimum atomic E-state index is -0.466. The Morgan fingerprint density at radius 2 is 1.79 bits per heavy atom. The van der Waals surface area contributed by atoms with Crippen LogP contribution in [0.25, 0.3) is 22.5 Å². The third-order valence-corrected chi connectivity index (χ3v) is 5.43. The molecule has 1 aromatic heterocycles. The number of hydrogen-bond acceptors (Lipinski definition) is 5. The molecule has 0 unspecified atom stereocenters. The summed E-state index contributed by atoms with van der Waals surface area (Å²) in [6.45, 7) is 1.90. The first-order valence-corrected chi connectivity index (χ1v) is 10.3. The second-order valence-corrected chi connectivity index (χ2v) is 7.63. The van der Waals surface area contributed by atoms with Gasteiger partial charge in [-0.05, 0) is 30.7 Å². The Labute approximate surface area is 189 Å². The highest BCUT2D eigenvalue weighted by Crippen LogP contribution is 2.39. The van der Waals surface area contributed by atoms with E-state index in [1.165, 1.54) is 12.1 Å². The highest BCUT2D eigenvalue weighted by atomic mass is 16.6. The largest absolute Gasteiger partial charge is 0.354 e. The van der Waals surface area contributed by atoms with Crippen LogP contribution < -0.4 is 10.6 Å². The Kier molecular flexibility index (Phi) is 4.95. The van der Waals surface area contributed by atoms with Crippen molar-refractivity contribution >= 4 is 34.2 Å². The standard InChI is InChI=1S/C25H19N5O3/c1-15-26-14-22(27-15)16-7-9-18(10-8-16)28-24(17-5-3-2-4-6-17)23-20-13-19(30(32)33)11-12-21(20)29-25(23)31/h2-14,28H,1H3,(H,26,27)(H,29,31)/b24-23-. The van der Waals surface area contributed by atoms with E-state index in [2.05, 4.69) is 20.6 Å². The maximum atomic E-state index is 13.0. The van der Waals surface area contributed by atoms with E-state index >= 15 is 0 Å². The summed E-state index contributed by atoms with van der Waals surface area (Å²) in [4.78, 5) is 31.4. The molecule has 162 valence electrons. The zero-order valence-corrected chi connectivity index (χ0v) is 17.6. The minimum Gasteiger partial charge on any atom is -0.354 e. The Balaban J connectivity index is 1.60. The van der Waals surface area contributed by atoms with Crippen molar-refractivity contribution in [2.24, 2.45) is 0 Å². The molecule has 8 heteroatoms. The summed E-state index contributed by atoms with van der Waals surface area (Å²) in [6.07, 6.45) is 1.85. The van der Waals surface area contributed by atoms with Crippen LogP contribution in [-0.4, -0.2) is 20.8 Å². The number of carbonyl (C=O) groups is 1. The van der Waals surface area contributed by atoms with Crippen molar-refractivity contribution in [3.8, 4) is 11.3 Å². The van der Waals surface area contributed by atoms with Crippen LogP contribution in [0.15, 0.2) is 79.0 Å². The number of H-pyrrole nitrogens is 1. The van der Waals surface area contributed by atoms with Gasteiger partial charge in [0.25, 0.3) is 11.6 Å². The molecule has 0 fully saturated rings. The van der Waals surface area contributed by atoms with Gasteiger partial charge >= 0.3 is 0 Å². The zero-order chi connectivity index (χ0) is 22.9. The number of nitro benzene ring substituents is 1. The fourth-order valence-electron chi connectivity index (χ4n) is 3.84. The summed E-state index contributed by atoms with van der Waals surface area (Å²) < 4.78 is 0. The van der Waals surface area contributed by atoms with Gasteiger partial charge in [0.2, 0.25) is 0 Å². The zero-order valence-electron chi connectivity index (χ0n) is 17.6. The second-order valence-electron chi connectivity index (χ2n) is 7.63. The maximum Gasteiger partial charge on any atom is 0.270 e. The molecular formula is C25H19N5O3. The molecule has 0 saturated heterocycles. The van der Waals surface area contributed by atoms with E-state index in [0.29, 0.717) is 22.5 Å². The first-order chi connectivity index (χ1) is 16.0. The number of rotatable bonds is 5. The number of aromatic amines is 1. The van der Waals surface area contributed by atoms with Crippen molar-refractivity contribution in [3.05, 3.63) is 106 Å². The van der Waals surface area contributed by atoms with Crippen LogP contribution in [0.5, 0.6) is 0 Å². The van der Waals surface area contributed by atoms with Crippen LogP contribution >= 0.6 is 0 Å². The number of aromatic nitrogens is 2. The fraction of sp³-hybridized carbons (Fsp3) is 0.0400. The predicted molar refractivity (Wildman–Crippen MR) is 127 cm³/mol. The number of nitro groups is 1. The van der Waals surface area contributed by atoms with Crippen LogP contribution in [0.4, 0.5) is 17.1 Å². The van der Waals surface area contributed by atoms with Crippen molar-refractivity contribution in [2.45, 2.75) is 6.92 Å². The molecular weight excluding hydrogens is 418 g/mol. The topological polar surface area (TPSA) is 113 Å². The molecule has 0 saturated carbocycles. The molecule has 0 aliphatic carbocycles. The highest BCUT2D eigenvalue weighted by Gasteiger charge is 2.30. The van der Waals surface area contributed by atoms with Gasteiger partial charge in [0, 0.05) is 40.8 Å². The summed E-state index contributed by atoms with van der Waals surface area (Å²) in [7, 11) is 0. The number of nitrogens with one attached hydrogen (secondary N) is 3. The van der Waals surface area contributed by atoms with E-state index in [4.69, 9.17) is 0 Å². The summed E-state index contributed by atoms with van der Waals surface area (Å²) in [5.41, 5.74) is 5.23. The number of amides is 1. The summed E-state index contributed by atoms with van der Waals surface area (Å²) in [5.74, 6) is 0.517. The van der Waals surface area contributed by atoms with E-state index in [0.717, 1.165) is 28.3 Å². The Morgan fingerprint density at radius 1 is 1.03 bits per heavy atom. The molecule has 0 radical (unpaired) electrons. The predicted octanol–water partition coefficient (Wildman–Crippen LogP) is 5.23. The van der Waals surface area contributed by atoms with Gasteiger partial charge in [0.1, 0.15) is 5.82 Å². The van der Waals surface area contributed by atoms with Gasteiger partial charge in [-0.25, -0.2) is 4.98 Å². The molecule has 0 atom stereocenters. The summed E-state index contributed by atoms with van der Waals surface area (Å²) in [6, 6.07) is 21.5. The molecule has 5 rings (SSSR count). The lowest BCUT2D eigenvalue weighted by atomic mass is 9.99. The number of non-ortho nitro benzene ring substituents is 1. The second kappa shape index (κ2) is 8.08. The number of anilines is 2. The number of fused-ring (bicyclic) bond motifs is 1. The van der Waals surface area contributed by atoms with Crippen LogP contribution in [0.2, 0.25) is 0 Å². The molecule has 1 amide bonds. The van der Waals surface area contributed by atoms with E-state index in [1.54, 1.807) is 6.07 Å². The SMILES string of the molecule is Cc1nc(-c2ccc(N/C(=C3\C(=O)Nc4ccc([N+](=O)[O-])cc43)c3ccccc3)cc2)c[nH]1.